The summed E-state index contributed by atoms with van der Waals surface area (Å²) in [6.07, 6.45) is 5.87. The first-order valence-electron chi connectivity index (χ1n) is 5.62. The van der Waals surface area contributed by atoms with Crippen LogP contribution in [0.25, 0.3) is 0 Å². The molecule has 1 aromatic rings. The lowest BCUT2D eigenvalue weighted by molar-refractivity contribution is 0.0317. The molecule has 2 rings (SSSR count). The van der Waals surface area contributed by atoms with Crippen molar-refractivity contribution >= 4 is 0 Å². The third-order valence-electron chi connectivity index (χ3n) is 3.18. The van der Waals surface area contributed by atoms with E-state index in [1.165, 1.54) is 0 Å². The lowest BCUT2D eigenvalue weighted by atomic mass is 9.90. The Morgan fingerprint density at radius 3 is 3.13 bits per heavy atom. The largest absolute Gasteiger partial charge is 0.472 e. The first kappa shape index (κ1) is 10.7. The predicted molar refractivity (Wildman–Crippen MR) is 56.6 cm³/mol. The van der Waals surface area contributed by atoms with Crippen molar-refractivity contribution in [1.82, 2.24) is 0 Å². The van der Waals surface area contributed by atoms with Crippen molar-refractivity contribution in [2.24, 2.45) is 5.92 Å². The Hall–Kier alpha value is -0.800. The normalized spacial score (nSPS) is 28.1. The maximum absolute atomic E-state index is 10.1. The van der Waals surface area contributed by atoms with Crippen LogP contribution in [0.2, 0.25) is 0 Å². The molecule has 1 N–H and O–H groups in total. The molecule has 3 atom stereocenters. The van der Waals surface area contributed by atoms with Crippen LogP contribution in [-0.2, 0) is 11.2 Å². The summed E-state index contributed by atoms with van der Waals surface area (Å²) in [5, 5.41) is 10.1. The standard InChI is InChI=1S/C12H18O3/c1-2-12-10(4-6-15-12)11(13)7-9-3-5-14-8-9/h3,5,8,10-13H,2,4,6-7H2,1H3. The molecule has 0 spiro atoms. The van der Waals surface area contributed by atoms with Gasteiger partial charge in [0.25, 0.3) is 0 Å². The second kappa shape index (κ2) is 4.81. The van der Waals surface area contributed by atoms with Crippen LogP contribution in [0.1, 0.15) is 25.3 Å². The smallest absolute Gasteiger partial charge is 0.0935 e. The molecule has 0 amide bonds. The maximum Gasteiger partial charge on any atom is 0.0935 e. The fraction of sp³-hybridized carbons (Fsp3) is 0.667. The molecule has 3 unspecified atom stereocenters. The van der Waals surface area contributed by atoms with Crippen LogP contribution in [0.3, 0.4) is 0 Å². The van der Waals surface area contributed by atoms with Crippen LogP contribution >= 0.6 is 0 Å². The van der Waals surface area contributed by atoms with E-state index in [0.717, 1.165) is 25.0 Å². The molecule has 0 aromatic carbocycles. The van der Waals surface area contributed by atoms with Gasteiger partial charge in [0.15, 0.2) is 0 Å². The van der Waals surface area contributed by atoms with Gasteiger partial charge >= 0.3 is 0 Å². The van der Waals surface area contributed by atoms with Crippen molar-refractivity contribution in [3.8, 4) is 0 Å². The summed E-state index contributed by atoms with van der Waals surface area (Å²) in [7, 11) is 0. The Bertz CT molecular complexity index is 281. The molecule has 0 bridgehead atoms. The Labute approximate surface area is 90.0 Å². The Kier molecular flexibility index (Phi) is 3.44. The zero-order valence-corrected chi connectivity index (χ0v) is 9.06. The highest BCUT2D eigenvalue weighted by molar-refractivity contribution is 5.07. The Morgan fingerprint density at radius 2 is 2.47 bits per heavy atom. The summed E-state index contributed by atoms with van der Waals surface area (Å²) in [6.45, 7) is 2.89. The highest BCUT2D eigenvalue weighted by Gasteiger charge is 2.32. The van der Waals surface area contributed by atoms with E-state index in [2.05, 4.69) is 6.92 Å². The van der Waals surface area contributed by atoms with Crippen molar-refractivity contribution in [1.29, 1.82) is 0 Å². The van der Waals surface area contributed by atoms with E-state index in [-0.39, 0.29) is 18.1 Å². The maximum atomic E-state index is 10.1. The second-order valence-corrected chi connectivity index (χ2v) is 4.17. The molecule has 3 nitrogen and oxygen atoms in total. The molecule has 0 aliphatic carbocycles. The quantitative estimate of drug-likeness (QED) is 0.826. The summed E-state index contributed by atoms with van der Waals surface area (Å²) < 4.78 is 10.6. The molecule has 1 aliphatic heterocycles. The minimum Gasteiger partial charge on any atom is -0.472 e. The monoisotopic (exact) mass is 210 g/mol. The van der Waals surface area contributed by atoms with Gasteiger partial charge in [-0.05, 0) is 24.5 Å². The van der Waals surface area contributed by atoms with Crippen LogP contribution in [0.5, 0.6) is 0 Å². The van der Waals surface area contributed by atoms with Crippen LogP contribution in [0, 0.1) is 5.92 Å². The lowest BCUT2D eigenvalue weighted by Gasteiger charge is -2.22. The van der Waals surface area contributed by atoms with Crippen molar-refractivity contribution in [2.45, 2.75) is 38.4 Å². The predicted octanol–water partition coefficient (Wildman–Crippen LogP) is 2.00. The minimum absolute atomic E-state index is 0.229. The summed E-state index contributed by atoms with van der Waals surface area (Å²) in [5.41, 5.74) is 1.06. The number of hydrogen-bond donors (Lipinski definition) is 1. The molecule has 1 fully saturated rings. The molecule has 2 heterocycles. The summed E-state index contributed by atoms with van der Waals surface area (Å²) in [6, 6.07) is 1.90. The van der Waals surface area contributed by atoms with E-state index in [1.54, 1.807) is 12.5 Å². The first-order chi connectivity index (χ1) is 7.31. The van der Waals surface area contributed by atoms with Gasteiger partial charge in [-0.15, -0.1) is 0 Å². The topological polar surface area (TPSA) is 42.6 Å². The molecule has 1 saturated heterocycles. The van der Waals surface area contributed by atoms with Crippen LogP contribution in [-0.4, -0.2) is 23.9 Å². The molecule has 0 saturated carbocycles. The molecule has 1 aliphatic rings. The van der Waals surface area contributed by atoms with E-state index in [0.29, 0.717) is 6.42 Å². The fourth-order valence-electron chi connectivity index (χ4n) is 2.33. The van der Waals surface area contributed by atoms with Gasteiger partial charge in [-0.1, -0.05) is 6.92 Å². The zero-order chi connectivity index (χ0) is 10.7. The van der Waals surface area contributed by atoms with Crippen molar-refractivity contribution in [2.75, 3.05) is 6.61 Å². The Morgan fingerprint density at radius 1 is 1.60 bits per heavy atom. The van der Waals surface area contributed by atoms with Crippen molar-refractivity contribution in [3.05, 3.63) is 24.2 Å². The number of ether oxygens (including phenoxy) is 1. The summed E-state index contributed by atoms with van der Waals surface area (Å²) >= 11 is 0. The summed E-state index contributed by atoms with van der Waals surface area (Å²) in [4.78, 5) is 0. The number of furan rings is 1. The zero-order valence-electron chi connectivity index (χ0n) is 9.06. The molecular formula is C12H18O3. The van der Waals surface area contributed by atoms with Crippen molar-refractivity contribution in [3.63, 3.8) is 0 Å². The summed E-state index contributed by atoms with van der Waals surface area (Å²) in [5.74, 6) is 0.282. The van der Waals surface area contributed by atoms with Crippen LogP contribution in [0.15, 0.2) is 23.0 Å². The molecule has 1 aromatic heterocycles. The van der Waals surface area contributed by atoms with Gasteiger partial charge in [0.2, 0.25) is 0 Å². The van der Waals surface area contributed by atoms with Crippen LogP contribution < -0.4 is 0 Å². The third-order valence-corrected chi connectivity index (χ3v) is 3.18. The number of rotatable bonds is 4. The van der Waals surface area contributed by atoms with Gasteiger partial charge in [0.05, 0.1) is 24.7 Å². The first-order valence-corrected chi connectivity index (χ1v) is 5.62. The van der Waals surface area contributed by atoms with Gasteiger partial charge in [0, 0.05) is 18.9 Å². The molecule has 3 heteroatoms. The average molecular weight is 210 g/mol. The minimum atomic E-state index is -0.310. The lowest BCUT2D eigenvalue weighted by Crippen LogP contribution is -2.29. The second-order valence-electron chi connectivity index (χ2n) is 4.17. The highest BCUT2D eigenvalue weighted by Crippen LogP contribution is 2.28. The van der Waals surface area contributed by atoms with Gasteiger partial charge in [-0.2, -0.15) is 0 Å². The van der Waals surface area contributed by atoms with E-state index >= 15 is 0 Å². The Balaban J connectivity index is 1.92. The van der Waals surface area contributed by atoms with E-state index in [9.17, 15) is 5.11 Å². The average Bonchev–Trinajstić information content (AvgIpc) is 2.86. The van der Waals surface area contributed by atoms with Crippen molar-refractivity contribution < 1.29 is 14.3 Å². The third kappa shape index (κ3) is 2.41. The molecule has 0 radical (unpaired) electrons. The van der Waals surface area contributed by atoms with Gasteiger partial charge < -0.3 is 14.3 Å². The van der Waals surface area contributed by atoms with Gasteiger partial charge in [-0.3, -0.25) is 0 Å². The number of hydrogen-bond acceptors (Lipinski definition) is 3. The SMILES string of the molecule is CCC1OCCC1C(O)Cc1ccoc1. The number of aliphatic hydroxyl groups excluding tert-OH is 1. The van der Waals surface area contributed by atoms with E-state index < -0.39 is 0 Å². The van der Waals surface area contributed by atoms with E-state index in [4.69, 9.17) is 9.15 Å². The van der Waals surface area contributed by atoms with Gasteiger partial charge in [-0.25, -0.2) is 0 Å². The molecule has 84 valence electrons. The number of aliphatic hydroxyl groups is 1. The highest BCUT2D eigenvalue weighted by atomic mass is 16.5. The van der Waals surface area contributed by atoms with Crippen LogP contribution in [0.4, 0.5) is 0 Å². The fourth-order valence-corrected chi connectivity index (χ4v) is 2.33. The molecular weight excluding hydrogens is 192 g/mol. The molecule has 15 heavy (non-hydrogen) atoms. The van der Waals surface area contributed by atoms with E-state index in [1.807, 2.05) is 6.07 Å². The van der Waals surface area contributed by atoms with Gasteiger partial charge in [0.1, 0.15) is 0 Å².